The van der Waals surface area contributed by atoms with Crippen LogP contribution < -0.4 is 10.6 Å². The van der Waals surface area contributed by atoms with Crippen molar-refractivity contribution in [3.63, 3.8) is 0 Å². The van der Waals surface area contributed by atoms with E-state index in [1.54, 1.807) is 24.3 Å². The van der Waals surface area contributed by atoms with Crippen LogP contribution in [0.25, 0.3) is 0 Å². The number of rotatable bonds is 5. The Morgan fingerprint density at radius 3 is 2.37 bits per heavy atom. The van der Waals surface area contributed by atoms with Gasteiger partial charge in [0.05, 0.1) is 23.9 Å². The van der Waals surface area contributed by atoms with Crippen molar-refractivity contribution >= 4 is 17.5 Å². The van der Waals surface area contributed by atoms with Crippen LogP contribution in [0.1, 0.15) is 83.4 Å². The number of benzene rings is 2. The van der Waals surface area contributed by atoms with E-state index in [-0.39, 0.29) is 18.4 Å². The van der Waals surface area contributed by atoms with Gasteiger partial charge in [-0.2, -0.15) is 5.26 Å². The summed E-state index contributed by atoms with van der Waals surface area (Å²) in [5.74, 6) is 1.28. The zero-order valence-corrected chi connectivity index (χ0v) is 20.6. The van der Waals surface area contributed by atoms with Gasteiger partial charge in [0.25, 0.3) is 0 Å². The monoisotopic (exact) mass is 472 g/mol. The number of nitrogens with one attached hydrogen (secondary N) is 2. The molecule has 0 saturated heterocycles. The SMILES string of the molecule is CC(=O)c1ccc(C)c(NC(=O)NCc2cc(C)no2)c1.N#Cc1ccc(C2CCCCC2)cc1. The standard InChI is InChI=1S/C15H17N3O3.C13H15N/c1-9-4-5-12(11(3)19)7-14(9)17-15(20)16-8-13-6-10(2)18-21-13;14-10-11-6-8-13(9-7-11)12-4-2-1-3-5-12/h4-7H,8H2,1-3H3,(H2,16,17,20);6-9,12H,1-5H2. The number of ketones is 1. The van der Waals surface area contributed by atoms with E-state index in [0.29, 0.717) is 17.0 Å². The number of nitrogens with zero attached hydrogens (tertiary/aromatic N) is 2. The van der Waals surface area contributed by atoms with E-state index < -0.39 is 0 Å². The van der Waals surface area contributed by atoms with Crippen LogP contribution in [0, 0.1) is 25.2 Å². The molecule has 7 nitrogen and oxygen atoms in total. The predicted molar refractivity (Wildman–Crippen MR) is 135 cm³/mol. The second-order valence-corrected chi connectivity index (χ2v) is 8.90. The Balaban J connectivity index is 0.000000211. The molecule has 4 rings (SSSR count). The van der Waals surface area contributed by atoms with Crippen LogP contribution in [0.5, 0.6) is 0 Å². The Morgan fingerprint density at radius 1 is 1.06 bits per heavy atom. The van der Waals surface area contributed by atoms with Crippen LogP contribution in [-0.2, 0) is 6.54 Å². The molecule has 2 aromatic carbocycles. The normalized spacial score (nSPS) is 13.2. The number of amides is 2. The molecule has 1 fully saturated rings. The number of carbonyl (C=O) groups is 2. The van der Waals surface area contributed by atoms with Crippen LogP contribution in [0.2, 0.25) is 0 Å². The molecule has 182 valence electrons. The van der Waals surface area contributed by atoms with Gasteiger partial charge < -0.3 is 15.2 Å². The first-order valence-electron chi connectivity index (χ1n) is 11.9. The lowest BCUT2D eigenvalue weighted by Gasteiger charge is -2.21. The number of aryl methyl sites for hydroxylation is 2. The van der Waals surface area contributed by atoms with E-state index in [4.69, 9.17) is 9.78 Å². The van der Waals surface area contributed by atoms with Crippen LogP contribution >= 0.6 is 0 Å². The summed E-state index contributed by atoms with van der Waals surface area (Å²) in [5, 5.41) is 17.8. The summed E-state index contributed by atoms with van der Waals surface area (Å²) in [6.07, 6.45) is 6.78. The summed E-state index contributed by atoms with van der Waals surface area (Å²) in [6, 6.07) is 16.8. The minimum absolute atomic E-state index is 0.0457. The number of carbonyl (C=O) groups excluding carboxylic acids is 2. The van der Waals surface area contributed by atoms with Crippen molar-refractivity contribution in [2.45, 2.75) is 65.3 Å². The minimum Gasteiger partial charge on any atom is -0.359 e. The molecule has 1 aliphatic carbocycles. The molecule has 2 amide bonds. The van der Waals surface area contributed by atoms with E-state index in [0.717, 1.165) is 22.7 Å². The molecule has 7 heteroatoms. The van der Waals surface area contributed by atoms with Crippen LogP contribution in [0.3, 0.4) is 0 Å². The highest BCUT2D eigenvalue weighted by atomic mass is 16.5. The summed E-state index contributed by atoms with van der Waals surface area (Å²) in [5.41, 5.74) is 4.99. The predicted octanol–water partition coefficient (Wildman–Crippen LogP) is 6.42. The van der Waals surface area contributed by atoms with Gasteiger partial charge >= 0.3 is 6.03 Å². The first-order chi connectivity index (χ1) is 16.9. The fourth-order valence-electron chi connectivity index (χ4n) is 4.07. The lowest BCUT2D eigenvalue weighted by Crippen LogP contribution is -2.28. The lowest BCUT2D eigenvalue weighted by atomic mass is 9.84. The van der Waals surface area contributed by atoms with Crippen molar-refractivity contribution in [3.8, 4) is 6.07 Å². The Bertz CT molecular complexity index is 1190. The smallest absolute Gasteiger partial charge is 0.319 e. The average molecular weight is 473 g/mol. The van der Waals surface area contributed by atoms with E-state index in [1.165, 1.54) is 44.6 Å². The largest absolute Gasteiger partial charge is 0.359 e. The molecule has 1 heterocycles. The van der Waals surface area contributed by atoms with Gasteiger partial charge in [-0.3, -0.25) is 4.79 Å². The number of urea groups is 1. The molecular formula is C28H32N4O3. The van der Waals surface area contributed by atoms with Crippen molar-refractivity contribution < 1.29 is 14.1 Å². The molecule has 1 saturated carbocycles. The van der Waals surface area contributed by atoms with Crippen molar-refractivity contribution in [1.29, 1.82) is 5.26 Å². The summed E-state index contributed by atoms with van der Waals surface area (Å²) < 4.78 is 5.00. The highest BCUT2D eigenvalue weighted by Gasteiger charge is 2.15. The van der Waals surface area contributed by atoms with Gasteiger partial charge in [0.15, 0.2) is 11.5 Å². The maximum Gasteiger partial charge on any atom is 0.319 e. The number of hydrogen-bond acceptors (Lipinski definition) is 5. The maximum absolute atomic E-state index is 11.9. The summed E-state index contributed by atoms with van der Waals surface area (Å²) in [6.45, 7) is 5.40. The molecule has 1 aromatic heterocycles. The quantitative estimate of drug-likeness (QED) is 0.416. The van der Waals surface area contributed by atoms with Crippen molar-refractivity contribution in [2.75, 3.05) is 5.32 Å². The molecule has 35 heavy (non-hydrogen) atoms. The second-order valence-electron chi connectivity index (χ2n) is 8.90. The van der Waals surface area contributed by atoms with Gasteiger partial charge in [0, 0.05) is 17.3 Å². The number of hydrogen-bond donors (Lipinski definition) is 2. The number of aromatic nitrogens is 1. The maximum atomic E-state index is 11.9. The first-order valence-corrected chi connectivity index (χ1v) is 11.9. The van der Waals surface area contributed by atoms with E-state index in [9.17, 15) is 9.59 Å². The van der Waals surface area contributed by atoms with Gasteiger partial charge in [-0.05, 0) is 68.9 Å². The van der Waals surface area contributed by atoms with Crippen molar-refractivity contribution in [2.24, 2.45) is 0 Å². The van der Waals surface area contributed by atoms with Crippen LogP contribution in [-0.4, -0.2) is 17.0 Å². The van der Waals surface area contributed by atoms with E-state index >= 15 is 0 Å². The third-order valence-electron chi connectivity index (χ3n) is 6.11. The third-order valence-corrected chi connectivity index (χ3v) is 6.11. The third kappa shape index (κ3) is 7.82. The Morgan fingerprint density at radius 2 is 1.77 bits per heavy atom. The fraction of sp³-hybridized carbons (Fsp3) is 0.357. The Labute approximate surface area is 206 Å². The molecular weight excluding hydrogens is 440 g/mol. The highest BCUT2D eigenvalue weighted by molar-refractivity contribution is 5.97. The minimum atomic E-state index is -0.368. The van der Waals surface area contributed by atoms with Crippen LogP contribution in [0.4, 0.5) is 10.5 Å². The molecule has 0 spiro atoms. The van der Waals surface area contributed by atoms with E-state index in [1.807, 2.05) is 26.0 Å². The topological polar surface area (TPSA) is 108 Å². The van der Waals surface area contributed by atoms with Crippen molar-refractivity contribution in [3.05, 3.63) is 82.2 Å². The molecule has 1 aliphatic rings. The summed E-state index contributed by atoms with van der Waals surface area (Å²) in [4.78, 5) is 23.2. The van der Waals surface area contributed by atoms with Gasteiger partial charge in [-0.15, -0.1) is 0 Å². The number of Topliss-reactive ketones (excluding diaryl/α,β-unsaturated/α-hetero) is 1. The number of anilines is 1. The van der Waals surface area contributed by atoms with Crippen LogP contribution in [0.15, 0.2) is 53.1 Å². The van der Waals surface area contributed by atoms with Gasteiger partial charge in [-0.25, -0.2) is 4.79 Å². The zero-order chi connectivity index (χ0) is 25.2. The molecule has 0 aliphatic heterocycles. The zero-order valence-electron chi connectivity index (χ0n) is 20.6. The van der Waals surface area contributed by atoms with Crippen molar-refractivity contribution in [1.82, 2.24) is 10.5 Å². The fourth-order valence-corrected chi connectivity index (χ4v) is 4.07. The molecule has 0 atom stereocenters. The Kier molecular flexibility index (Phi) is 9.19. The van der Waals surface area contributed by atoms with Gasteiger partial charge in [-0.1, -0.05) is 48.7 Å². The molecule has 0 radical (unpaired) electrons. The second kappa shape index (κ2) is 12.5. The van der Waals surface area contributed by atoms with E-state index in [2.05, 4.69) is 34.0 Å². The summed E-state index contributed by atoms with van der Waals surface area (Å²) in [7, 11) is 0. The first kappa shape index (κ1) is 25.7. The Hall–Kier alpha value is -3.92. The molecule has 3 aromatic rings. The lowest BCUT2D eigenvalue weighted by molar-refractivity contribution is 0.101. The average Bonchev–Trinajstić information content (AvgIpc) is 3.30. The molecule has 2 N–H and O–H groups in total. The molecule has 0 unspecified atom stereocenters. The van der Waals surface area contributed by atoms with Gasteiger partial charge in [0.1, 0.15) is 0 Å². The highest BCUT2D eigenvalue weighted by Crippen LogP contribution is 2.32. The van der Waals surface area contributed by atoms with Gasteiger partial charge in [0.2, 0.25) is 0 Å². The summed E-state index contributed by atoms with van der Waals surface area (Å²) >= 11 is 0. The molecule has 0 bridgehead atoms. The number of nitriles is 1.